The van der Waals surface area contributed by atoms with Crippen molar-refractivity contribution in [2.24, 2.45) is 10.8 Å². The molecule has 1 spiro atoms. The molecule has 1 aromatic heterocycles. The average Bonchev–Trinajstić information content (AvgIpc) is 1.65. The molecular formula is C67H68N4O16. The largest absolute Gasteiger partial charge is 0.497 e. The van der Waals surface area contributed by atoms with E-state index in [1.165, 1.54) is 35.0 Å². The second-order valence-electron chi connectivity index (χ2n) is 23.6. The van der Waals surface area contributed by atoms with Crippen LogP contribution < -0.4 is 45.6 Å². The third-order valence-corrected chi connectivity index (χ3v) is 15.4. The Morgan fingerprint density at radius 3 is 1.79 bits per heavy atom. The van der Waals surface area contributed by atoms with Crippen LogP contribution in [-0.2, 0) is 46.3 Å². The van der Waals surface area contributed by atoms with Crippen LogP contribution in [0.15, 0.2) is 149 Å². The number of hydrogen-bond donors (Lipinski definition) is 4. The fourth-order valence-electron chi connectivity index (χ4n) is 10.7. The molecule has 6 aromatic carbocycles. The van der Waals surface area contributed by atoms with E-state index >= 15 is 0 Å². The summed E-state index contributed by atoms with van der Waals surface area (Å²) in [4.78, 5) is 95.5. The van der Waals surface area contributed by atoms with Gasteiger partial charge in [0.1, 0.15) is 46.2 Å². The third-order valence-electron chi connectivity index (χ3n) is 15.4. The van der Waals surface area contributed by atoms with E-state index in [9.17, 15) is 38.7 Å². The van der Waals surface area contributed by atoms with Gasteiger partial charge in [0.2, 0.25) is 5.91 Å². The summed E-state index contributed by atoms with van der Waals surface area (Å²) < 4.78 is 49.6. The SMILES string of the molecule is COc1ccc(C(OC[C@H]2O[C@@H](c3cn(CCC(=O)NCCCNC(=O)c4ccc5c(c4)C4(OC5=O)c5ccc(OC(=O)C(C)(C)C)cc5Oc5cc(OC(=O)C(C)(C)C)ccc54)c(=O)[nH]c3=O)C[C@@H]2O)(c2ccccc2)c2ccc(OC)cc2)cc1. The van der Waals surface area contributed by atoms with Crippen LogP contribution in [0.3, 0.4) is 0 Å². The molecule has 4 N–H and O–H groups in total. The van der Waals surface area contributed by atoms with Crippen LogP contribution in [0.2, 0.25) is 0 Å². The monoisotopic (exact) mass is 1180 g/mol. The Hall–Kier alpha value is -9.37. The summed E-state index contributed by atoms with van der Waals surface area (Å²) in [7, 11) is 3.17. The molecular weight excluding hydrogens is 1120 g/mol. The molecule has 3 atom stereocenters. The van der Waals surface area contributed by atoms with E-state index in [1.54, 1.807) is 86.1 Å². The molecule has 7 aromatic rings. The van der Waals surface area contributed by atoms with Crippen LogP contribution in [0.4, 0.5) is 0 Å². The number of aliphatic hydroxyl groups excluding tert-OH is 1. The van der Waals surface area contributed by atoms with Gasteiger partial charge in [0.15, 0.2) is 5.60 Å². The van der Waals surface area contributed by atoms with Gasteiger partial charge in [-0.15, -0.1) is 0 Å². The van der Waals surface area contributed by atoms with E-state index in [0.717, 1.165) is 16.7 Å². The smallest absolute Gasteiger partial charge is 0.340 e. The van der Waals surface area contributed by atoms with Crippen LogP contribution in [0.5, 0.6) is 34.5 Å². The number of carbonyl (C=O) groups excluding carboxylic acids is 5. The van der Waals surface area contributed by atoms with Gasteiger partial charge in [-0.1, -0.05) is 54.6 Å². The van der Waals surface area contributed by atoms with E-state index in [0.29, 0.717) is 34.6 Å². The van der Waals surface area contributed by atoms with E-state index in [-0.39, 0.29) is 78.8 Å². The molecule has 3 aliphatic rings. The normalized spacial score (nSPS) is 16.6. The number of aryl methyl sites for hydroxylation is 1. The van der Waals surface area contributed by atoms with Gasteiger partial charge < -0.3 is 53.6 Å². The number of fused-ring (bicyclic) bond motifs is 6. The van der Waals surface area contributed by atoms with Crippen molar-refractivity contribution in [3.05, 3.63) is 211 Å². The molecule has 1 saturated heterocycles. The Morgan fingerprint density at radius 1 is 0.678 bits per heavy atom. The van der Waals surface area contributed by atoms with Gasteiger partial charge in [-0.05, 0) is 131 Å². The highest BCUT2D eigenvalue weighted by Gasteiger charge is 2.54. The van der Waals surface area contributed by atoms with E-state index in [1.807, 2.05) is 78.9 Å². The summed E-state index contributed by atoms with van der Waals surface area (Å²) in [6, 6.07) is 38.7. The molecule has 3 aliphatic heterocycles. The number of esters is 3. The Labute approximate surface area is 501 Å². The van der Waals surface area contributed by atoms with E-state index in [2.05, 4.69) is 15.6 Å². The van der Waals surface area contributed by atoms with Crippen molar-refractivity contribution in [1.82, 2.24) is 20.2 Å². The highest BCUT2D eigenvalue weighted by atomic mass is 16.6. The van der Waals surface area contributed by atoms with Gasteiger partial charge in [-0.2, -0.15) is 0 Å². The highest BCUT2D eigenvalue weighted by molar-refractivity contribution is 6.00. The summed E-state index contributed by atoms with van der Waals surface area (Å²) in [6.45, 7) is 10.4. The lowest BCUT2D eigenvalue weighted by molar-refractivity contribution is -0.143. The maximum Gasteiger partial charge on any atom is 0.340 e. The summed E-state index contributed by atoms with van der Waals surface area (Å²) in [5.74, 6) is -0.517. The minimum Gasteiger partial charge on any atom is -0.497 e. The van der Waals surface area contributed by atoms with Crippen LogP contribution in [0.25, 0.3) is 0 Å². The molecule has 0 radical (unpaired) electrons. The zero-order valence-electron chi connectivity index (χ0n) is 49.5. The molecule has 4 heterocycles. The zero-order chi connectivity index (χ0) is 62.0. The van der Waals surface area contributed by atoms with Crippen molar-refractivity contribution in [1.29, 1.82) is 0 Å². The number of rotatable bonds is 19. The fraction of sp³-hybridized carbons (Fsp3) is 0.328. The summed E-state index contributed by atoms with van der Waals surface area (Å²) in [5, 5.41) is 17.1. The van der Waals surface area contributed by atoms with Crippen molar-refractivity contribution < 1.29 is 67.0 Å². The molecule has 20 heteroatoms. The number of ether oxygens (including phenoxy) is 8. The molecule has 20 nitrogen and oxygen atoms in total. The predicted molar refractivity (Wildman–Crippen MR) is 317 cm³/mol. The number of aliphatic hydroxyl groups is 1. The van der Waals surface area contributed by atoms with Gasteiger partial charge in [-0.3, -0.25) is 33.5 Å². The average molecular weight is 1190 g/mol. The van der Waals surface area contributed by atoms with Crippen LogP contribution >= 0.6 is 0 Å². The van der Waals surface area contributed by atoms with Gasteiger partial charge in [0.25, 0.3) is 11.5 Å². The molecule has 0 bridgehead atoms. The van der Waals surface area contributed by atoms with Crippen molar-refractivity contribution in [3.63, 3.8) is 0 Å². The number of H-pyrrole nitrogens is 1. The number of carbonyl (C=O) groups is 5. The third kappa shape index (κ3) is 12.4. The first-order valence-electron chi connectivity index (χ1n) is 28.5. The number of benzene rings is 6. The number of nitrogens with one attached hydrogen (secondary N) is 3. The zero-order valence-corrected chi connectivity index (χ0v) is 49.5. The number of amides is 2. The standard InChI is InChI=1S/C67H68N4O16/c1-64(2,3)61(77)83-45-24-27-49-54(34-45)86-55-35-46(84-62(78)65(4,5)6)25-28-50(55)67(49)51-33-39(15-26-47(51)60(76)87-67)58(74)69-31-12-30-68-57(73)29-32-71-37-48(59(75)70-63(71)79)53-36-52(72)56(85-53)38-82-66(40-13-10-9-11-14-40,41-16-20-43(80-7)21-17-41)42-18-22-44(81-8)23-19-42/h9-11,13-28,33-35,37,52-53,56,72H,12,29-32,36,38H2,1-8H3,(H,68,73)(H,69,74)(H,70,75,79)/t52-,53+,56+/m0/s1. The van der Waals surface area contributed by atoms with Crippen molar-refractivity contribution in [2.45, 2.75) is 96.9 Å². The number of methoxy groups -OCH3 is 2. The summed E-state index contributed by atoms with van der Waals surface area (Å²) >= 11 is 0. The first-order chi connectivity index (χ1) is 41.5. The van der Waals surface area contributed by atoms with Crippen molar-refractivity contribution in [2.75, 3.05) is 33.9 Å². The lowest BCUT2D eigenvalue weighted by Gasteiger charge is -2.37. The van der Waals surface area contributed by atoms with Gasteiger partial charge in [0.05, 0.1) is 55.0 Å². The molecule has 0 aliphatic carbocycles. The Balaban J connectivity index is 0.777. The fourth-order valence-corrected chi connectivity index (χ4v) is 10.7. The summed E-state index contributed by atoms with van der Waals surface area (Å²) in [5.41, 5.74) is -2.00. The summed E-state index contributed by atoms with van der Waals surface area (Å²) in [6.07, 6.45) is -1.33. The predicted octanol–water partition coefficient (Wildman–Crippen LogP) is 8.55. The van der Waals surface area contributed by atoms with E-state index < -0.39 is 81.3 Å². The lowest BCUT2D eigenvalue weighted by atomic mass is 9.77. The molecule has 87 heavy (non-hydrogen) atoms. The number of aromatic nitrogens is 2. The quantitative estimate of drug-likeness (QED) is 0.0256. The molecule has 2 amide bonds. The van der Waals surface area contributed by atoms with Crippen molar-refractivity contribution in [3.8, 4) is 34.5 Å². The van der Waals surface area contributed by atoms with Crippen LogP contribution in [-0.4, -0.2) is 90.5 Å². The van der Waals surface area contributed by atoms with Gasteiger partial charge in [-0.25, -0.2) is 9.59 Å². The second kappa shape index (κ2) is 24.5. The number of hydrogen-bond acceptors (Lipinski definition) is 16. The minimum atomic E-state index is -1.65. The number of nitrogens with zero attached hydrogens (tertiary/aromatic N) is 1. The van der Waals surface area contributed by atoms with Crippen molar-refractivity contribution >= 4 is 29.7 Å². The topological polar surface area (TPSA) is 258 Å². The first-order valence-corrected chi connectivity index (χ1v) is 28.5. The van der Waals surface area contributed by atoms with Gasteiger partial charge in [0, 0.05) is 73.1 Å². The second-order valence-corrected chi connectivity index (χ2v) is 23.6. The number of aromatic amines is 1. The molecule has 1 fully saturated rings. The van der Waals surface area contributed by atoms with Crippen LogP contribution in [0.1, 0.15) is 127 Å². The molecule has 10 rings (SSSR count). The molecule has 0 saturated carbocycles. The maximum atomic E-state index is 13.8. The Morgan fingerprint density at radius 2 is 1.23 bits per heavy atom. The first kappa shape index (κ1) is 60.7. The Kier molecular flexibility index (Phi) is 17.1. The maximum absolute atomic E-state index is 13.8. The molecule has 0 unspecified atom stereocenters. The molecule has 452 valence electrons. The van der Waals surface area contributed by atoms with Gasteiger partial charge >= 0.3 is 23.6 Å². The lowest BCUT2D eigenvalue weighted by Crippen LogP contribution is -2.38. The van der Waals surface area contributed by atoms with Crippen LogP contribution in [0, 0.1) is 10.8 Å². The highest BCUT2D eigenvalue weighted by Crippen LogP contribution is 2.57. The Bertz CT molecular complexity index is 3760. The van der Waals surface area contributed by atoms with E-state index in [4.69, 9.17) is 37.9 Å². The minimum absolute atomic E-state index is 0.0232.